The Balaban J connectivity index is 2.26. The number of benzene rings is 2. The molecular weight excluding hydrogens is 272 g/mol. The van der Waals surface area contributed by atoms with Crippen LogP contribution in [-0.2, 0) is 15.6 Å². The second kappa shape index (κ2) is 5.46. The van der Waals surface area contributed by atoms with E-state index in [1.165, 1.54) is 0 Å². The van der Waals surface area contributed by atoms with E-state index in [1.54, 1.807) is 42.5 Å². The number of nitrogens with two attached hydrogens (primary N) is 1. The fraction of sp³-hybridized carbons (Fsp3) is 0.133. The molecule has 0 aliphatic carbocycles. The lowest BCUT2D eigenvalue weighted by molar-refractivity contribution is 0.595. The van der Waals surface area contributed by atoms with Gasteiger partial charge >= 0.3 is 0 Å². The Morgan fingerprint density at radius 3 is 2.35 bits per heavy atom. The molecule has 2 rings (SSSR count). The zero-order valence-electron chi connectivity index (χ0n) is 11.1. The number of hydrogen-bond acceptors (Lipinski definition) is 3. The summed E-state index contributed by atoms with van der Waals surface area (Å²) in [4.78, 5) is 0.327. The van der Waals surface area contributed by atoms with Crippen molar-refractivity contribution >= 4 is 15.7 Å². The first-order chi connectivity index (χ1) is 9.38. The van der Waals surface area contributed by atoms with Crippen molar-refractivity contribution in [1.82, 2.24) is 0 Å². The molecule has 4 nitrogen and oxygen atoms in total. The average Bonchev–Trinajstić information content (AvgIpc) is 2.39. The third-order valence-electron chi connectivity index (χ3n) is 2.97. The van der Waals surface area contributed by atoms with E-state index in [0.717, 1.165) is 5.56 Å². The van der Waals surface area contributed by atoms with Crippen molar-refractivity contribution in [1.29, 1.82) is 5.41 Å². The second-order valence-electron chi connectivity index (χ2n) is 4.69. The molecule has 20 heavy (non-hydrogen) atoms. The molecule has 0 spiro atoms. The predicted molar refractivity (Wildman–Crippen MR) is 79.5 cm³/mol. The lowest BCUT2D eigenvalue weighted by Gasteiger charge is -2.06. The summed E-state index contributed by atoms with van der Waals surface area (Å²) in [5.74, 6) is -0.0904. The van der Waals surface area contributed by atoms with E-state index in [0.29, 0.717) is 16.0 Å². The van der Waals surface area contributed by atoms with Crippen molar-refractivity contribution in [3.63, 3.8) is 0 Å². The maximum atomic E-state index is 12.3. The zero-order valence-corrected chi connectivity index (χ0v) is 11.9. The van der Waals surface area contributed by atoms with E-state index < -0.39 is 9.84 Å². The van der Waals surface area contributed by atoms with Crippen LogP contribution < -0.4 is 5.73 Å². The number of rotatable bonds is 4. The Morgan fingerprint density at radius 2 is 1.80 bits per heavy atom. The summed E-state index contributed by atoms with van der Waals surface area (Å²) in [5.41, 5.74) is 7.54. The van der Waals surface area contributed by atoms with Gasteiger partial charge in [-0.1, -0.05) is 36.4 Å². The van der Waals surface area contributed by atoms with E-state index in [1.807, 2.05) is 13.0 Å². The first-order valence-corrected chi connectivity index (χ1v) is 7.76. The molecule has 0 aliphatic heterocycles. The van der Waals surface area contributed by atoms with E-state index in [4.69, 9.17) is 11.1 Å². The quantitative estimate of drug-likeness (QED) is 0.668. The Hall–Kier alpha value is -2.14. The lowest BCUT2D eigenvalue weighted by atomic mass is 10.1. The van der Waals surface area contributed by atoms with Crippen LogP contribution >= 0.6 is 0 Å². The summed E-state index contributed by atoms with van der Waals surface area (Å²) < 4.78 is 24.6. The molecule has 0 aromatic heterocycles. The van der Waals surface area contributed by atoms with Gasteiger partial charge in [-0.2, -0.15) is 0 Å². The second-order valence-corrected chi connectivity index (χ2v) is 6.68. The number of sulfone groups is 1. The van der Waals surface area contributed by atoms with Gasteiger partial charge in [0.1, 0.15) is 5.84 Å². The third-order valence-corrected chi connectivity index (χ3v) is 4.66. The molecule has 0 aliphatic rings. The van der Waals surface area contributed by atoms with Crippen molar-refractivity contribution in [2.24, 2.45) is 5.73 Å². The summed E-state index contributed by atoms with van der Waals surface area (Å²) in [7, 11) is -3.35. The highest BCUT2D eigenvalue weighted by Crippen LogP contribution is 2.17. The molecule has 0 atom stereocenters. The standard InChI is InChI=1S/C15H16N2O2S/c1-11-3-2-4-14(9-11)20(18,19)10-12-5-7-13(8-6-12)15(16)17/h2-9H,10H2,1H3,(H3,16,17). The Morgan fingerprint density at radius 1 is 1.15 bits per heavy atom. The monoisotopic (exact) mass is 288 g/mol. The van der Waals surface area contributed by atoms with Crippen LogP contribution in [0.2, 0.25) is 0 Å². The molecule has 0 saturated carbocycles. The molecular formula is C15H16N2O2S. The van der Waals surface area contributed by atoms with Gasteiger partial charge in [0.05, 0.1) is 10.6 Å². The van der Waals surface area contributed by atoms with Crippen molar-refractivity contribution in [3.05, 3.63) is 65.2 Å². The van der Waals surface area contributed by atoms with E-state index in [2.05, 4.69) is 0 Å². The number of amidine groups is 1. The van der Waals surface area contributed by atoms with Crippen LogP contribution in [0.5, 0.6) is 0 Å². The minimum absolute atomic E-state index is 0.0295. The Bertz CT molecular complexity index is 735. The zero-order chi connectivity index (χ0) is 14.8. The topological polar surface area (TPSA) is 84.0 Å². The first-order valence-electron chi connectivity index (χ1n) is 6.11. The maximum Gasteiger partial charge on any atom is 0.182 e. The van der Waals surface area contributed by atoms with Crippen LogP contribution in [0.3, 0.4) is 0 Å². The molecule has 5 heteroatoms. The van der Waals surface area contributed by atoms with Crippen LogP contribution in [-0.4, -0.2) is 14.3 Å². The molecule has 2 aromatic rings. The molecule has 3 N–H and O–H groups in total. The fourth-order valence-corrected chi connectivity index (χ4v) is 3.34. The van der Waals surface area contributed by atoms with Crippen LogP contribution in [0.4, 0.5) is 0 Å². The van der Waals surface area contributed by atoms with Gasteiger partial charge in [0.2, 0.25) is 0 Å². The number of nitrogen functional groups attached to an aromatic ring is 1. The minimum atomic E-state index is -3.35. The molecule has 0 fully saturated rings. The van der Waals surface area contributed by atoms with Crippen molar-refractivity contribution in [2.45, 2.75) is 17.6 Å². The number of nitrogens with one attached hydrogen (secondary N) is 1. The maximum absolute atomic E-state index is 12.3. The van der Waals surface area contributed by atoms with E-state index in [-0.39, 0.29) is 11.6 Å². The molecule has 0 heterocycles. The van der Waals surface area contributed by atoms with Gasteiger partial charge in [-0.05, 0) is 30.2 Å². The van der Waals surface area contributed by atoms with Crippen LogP contribution in [0.25, 0.3) is 0 Å². The Labute approximate surface area is 118 Å². The summed E-state index contributed by atoms with van der Waals surface area (Å²) in [5, 5.41) is 7.30. The Kier molecular flexibility index (Phi) is 3.90. The van der Waals surface area contributed by atoms with Crippen LogP contribution in [0.1, 0.15) is 16.7 Å². The van der Waals surface area contributed by atoms with Crippen LogP contribution in [0.15, 0.2) is 53.4 Å². The highest BCUT2D eigenvalue weighted by molar-refractivity contribution is 7.90. The largest absolute Gasteiger partial charge is 0.384 e. The number of hydrogen-bond donors (Lipinski definition) is 2. The van der Waals surface area contributed by atoms with Gasteiger partial charge in [0, 0.05) is 5.56 Å². The van der Waals surface area contributed by atoms with Gasteiger partial charge in [-0.15, -0.1) is 0 Å². The van der Waals surface area contributed by atoms with Crippen molar-refractivity contribution in [2.75, 3.05) is 0 Å². The molecule has 0 amide bonds. The van der Waals surface area contributed by atoms with E-state index >= 15 is 0 Å². The molecule has 2 aromatic carbocycles. The van der Waals surface area contributed by atoms with Gasteiger partial charge in [0.25, 0.3) is 0 Å². The van der Waals surface area contributed by atoms with Gasteiger partial charge in [0.15, 0.2) is 9.84 Å². The highest BCUT2D eigenvalue weighted by Gasteiger charge is 2.15. The normalized spacial score (nSPS) is 11.2. The molecule has 0 unspecified atom stereocenters. The number of aryl methyl sites for hydroxylation is 1. The summed E-state index contributed by atoms with van der Waals surface area (Å²) in [6, 6.07) is 13.5. The van der Waals surface area contributed by atoms with Gasteiger partial charge in [-0.25, -0.2) is 8.42 Å². The average molecular weight is 288 g/mol. The van der Waals surface area contributed by atoms with Gasteiger partial charge < -0.3 is 5.73 Å². The van der Waals surface area contributed by atoms with Crippen molar-refractivity contribution in [3.8, 4) is 0 Å². The molecule has 104 valence electrons. The SMILES string of the molecule is Cc1cccc(S(=O)(=O)Cc2ccc(C(=N)N)cc2)c1. The minimum Gasteiger partial charge on any atom is -0.384 e. The smallest absolute Gasteiger partial charge is 0.182 e. The summed E-state index contributed by atoms with van der Waals surface area (Å²) in [6.07, 6.45) is 0. The summed E-state index contributed by atoms with van der Waals surface area (Å²) in [6.45, 7) is 1.86. The van der Waals surface area contributed by atoms with Crippen molar-refractivity contribution < 1.29 is 8.42 Å². The lowest BCUT2D eigenvalue weighted by Crippen LogP contribution is -2.11. The first kappa shape index (κ1) is 14.3. The molecule has 0 saturated heterocycles. The fourth-order valence-electron chi connectivity index (χ4n) is 1.89. The van der Waals surface area contributed by atoms with Gasteiger partial charge in [-0.3, -0.25) is 5.41 Å². The van der Waals surface area contributed by atoms with E-state index in [9.17, 15) is 8.42 Å². The molecule has 0 bridgehead atoms. The summed E-state index contributed by atoms with van der Waals surface area (Å²) >= 11 is 0. The highest BCUT2D eigenvalue weighted by atomic mass is 32.2. The predicted octanol–water partition coefficient (Wildman–Crippen LogP) is 2.25. The molecule has 0 radical (unpaired) electrons. The van der Waals surface area contributed by atoms with Crippen LogP contribution in [0, 0.1) is 12.3 Å². The third kappa shape index (κ3) is 3.24.